The molecule has 0 fully saturated rings. The minimum atomic E-state index is -0.179. The molecule has 1 aromatic heterocycles. The van der Waals surface area contributed by atoms with E-state index in [1.165, 1.54) is 6.92 Å². The number of nitrogens with zero attached hydrogens (tertiary/aromatic N) is 1. The molecular weight excluding hydrogens is 252 g/mol. The van der Waals surface area contributed by atoms with Crippen molar-refractivity contribution < 1.29 is 9.59 Å². The SMILES string of the molecule is CC(=O)c1cc(C(=O)NCc2cccc(C)c2)n(C)c1. The molecule has 0 saturated carbocycles. The number of rotatable bonds is 4. The highest BCUT2D eigenvalue weighted by molar-refractivity contribution is 5.99. The monoisotopic (exact) mass is 270 g/mol. The predicted molar refractivity (Wildman–Crippen MR) is 77.8 cm³/mol. The van der Waals surface area contributed by atoms with Gasteiger partial charge in [0, 0.05) is 25.4 Å². The topological polar surface area (TPSA) is 51.1 Å². The number of benzene rings is 1. The van der Waals surface area contributed by atoms with Gasteiger partial charge in [-0.2, -0.15) is 0 Å². The number of nitrogens with one attached hydrogen (secondary N) is 1. The van der Waals surface area contributed by atoms with Crippen LogP contribution in [0.15, 0.2) is 36.5 Å². The summed E-state index contributed by atoms with van der Waals surface area (Å²) in [6, 6.07) is 9.61. The van der Waals surface area contributed by atoms with Gasteiger partial charge in [-0.1, -0.05) is 29.8 Å². The molecule has 0 aliphatic heterocycles. The van der Waals surface area contributed by atoms with Crippen molar-refractivity contribution in [3.05, 3.63) is 58.9 Å². The van der Waals surface area contributed by atoms with Crippen molar-refractivity contribution in [3.63, 3.8) is 0 Å². The number of aromatic nitrogens is 1. The Balaban J connectivity index is 2.07. The van der Waals surface area contributed by atoms with Gasteiger partial charge in [0.15, 0.2) is 5.78 Å². The maximum Gasteiger partial charge on any atom is 0.268 e. The van der Waals surface area contributed by atoms with E-state index in [4.69, 9.17) is 0 Å². The zero-order valence-electron chi connectivity index (χ0n) is 11.9. The van der Waals surface area contributed by atoms with Crippen molar-refractivity contribution in [2.24, 2.45) is 7.05 Å². The van der Waals surface area contributed by atoms with Crippen molar-refractivity contribution >= 4 is 11.7 Å². The highest BCUT2D eigenvalue weighted by atomic mass is 16.2. The Morgan fingerprint density at radius 3 is 2.60 bits per heavy atom. The maximum absolute atomic E-state index is 12.1. The van der Waals surface area contributed by atoms with E-state index in [9.17, 15) is 9.59 Å². The molecule has 0 radical (unpaired) electrons. The molecule has 1 amide bonds. The van der Waals surface area contributed by atoms with Crippen LogP contribution in [-0.2, 0) is 13.6 Å². The number of ketones is 1. The summed E-state index contributed by atoms with van der Waals surface area (Å²) < 4.78 is 1.67. The van der Waals surface area contributed by atoms with E-state index in [0.717, 1.165) is 11.1 Å². The molecule has 20 heavy (non-hydrogen) atoms. The van der Waals surface area contributed by atoms with E-state index in [2.05, 4.69) is 5.32 Å². The molecule has 0 aliphatic carbocycles. The fourth-order valence-electron chi connectivity index (χ4n) is 2.08. The molecule has 0 spiro atoms. The summed E-state index contributed by atoms with van der Waals surface area (Å²) in [5.41, 5.74) is 3.25. The number of carbonyl (C=O) groups is 2. The zero-order valence-corrected chi connectivity index (χ0v) is 11.9. The first-order valence-corrected chi connectivity index (χ1v) is 6.48. The van der Waals surface area contributed by atoms with E-state index in [1.54, 1.807) is 23.9 Å². The lowest BCUT2D eigenvalue weighted by Gasteiger charge is -2.06. The van der Waals surface area contributed by atoms with Crippen molar-refractivity contribution in [1.29, 1.82) is 0 Å². The van der Waals surface area contributed by atoms with Crippen LogP contribution < -0.4 is 5.32 Å². The van der Waals surface area contributed by atoms with Crippen LogP contribution in [0, 0.1) is 6.92 Å². The zero-order chi connectivity index (χ0) is 14.7. The summed E-state index contributed by atoms with van der Waals surface area (Å²) in [5, 5.41) is 2.86. The van der Waals surface area contributed by atoms with Gasteiger partial charge in [0.25, 0.3) is 5.91 Å². The minimum absolute atomic E-state index is 0.0432. The predicted octanol–water partition coefficient (Wildman–Crippen LogP) is 2.47. The molecule has 0 unspecified atom stereocenters. The third-order valence-corrected chi connectivity index (χ3v) is 3.18. The lowest BCUT2D eigenvalue weighted by atomic mass is 10.1. The Morgan fingerprint density at radius 2 is 2.00 bits per heavy atom. The second kappa shape index (κ2) is 5.74. The molecule has 0 aliphatic rings. The summed E-state index contributed by atoms with van der Waals surface area (Å²) in [6.07, 6.45) is 1.67. The fraction of sp³-hybridized carbons (Fsp3) is 0.250. The van der Waals surface area contributed by atoms with Gasteiger partial charge in [0.2, 0.25) is 0 Å². The van der Waals surface area contributed by atoms with Crippen LogP contribution in [0.1, 0.15) is 38.9 Å². The van der Waals surface area contributed by atoms with Crippen LogP contribution in [0.5, 0.6) is 0 Å². The standard InChI is InChI=1S/C16H18N2O2/c1-11-5-4-6-13(7-11)9-17-16(20)15-8-14(12(2)19)10-18(15)3/h4-8,10H,9H2,1-3H3,(H,17,20). The third-order valence-electron chi connectivity index (χ3n) is 3.18. The Bertz CT molecular complexity index is 656. The van der Waals surface area contributed by atoms with Crippen LogP contribution in [0.3, 0.4) is 0 Å². The first kappa shape index (κ1) is 14.1. The molecule has 0 atom stereocenters. The maximum atomic E-state index is 12.1. The molecule has 0 bridgehead atoms. The van der Waals surface area contributed by atoms with Crippen LogP contribution >= 0.6 is 0 Å². The van der Waals surface area contributed by atoms with E-state index in [0.29, 0.717) is 17.8 Å². The smallest absolute Gasteiger partial charge is 0.268 e. The summed E-state index contributed by atoms with van der Waals surface area (Å²) in [5.74, 6) is -0.222. The Morgan fingerprint density at radius 1 is 1.25 bits per heavy atom. The molecule has 2 rings (SSSR count). The number of aryl methyl sites for hydroxylation is 2. The first-order chi connectivity index (χ1) is 9.47. The quantitative estimate of drug-likeness (QED) is 0.868. The Labute approximate surface area is 118 Å². The second-order valence-corrected chi connectivity index (χ2v) is 4.95. The number of hydrogen-bond donors (Lipinski definition) is 1. The molecule has 1 aromatic carbocycles. The van der Waals surface area contributed by atoms with Crippen LogP contribution in [0.4, 0.5) is 0 Å². The summed E-state index contributed by atoms with van der Waals surface area (Å²) in [4.78, 5) is 23.4. The summed E-state index contributed by atoms with van der Waals surface area (Å²) in [7, 11) is 1.76. The van der Waals surface area contributed by atoms with Crippen molar-refractivity contribution in [1.82, 2.24) is 9.88 Å². The van der Waals surface area contributed by atoms with E-state index in [1.807, 2.05) is 31.2 Å². The third kappa shape index (κ3) is 3.15. The van der Waals surface area contributed by atoms with Gasteiger partial charge >= 0.3 is 0 Å². The highest BCUT2D eigenvalue weighted by Gasteiger charge is 2.13. The molecule has 4 nitrogen and oxygen atoms in total. The number of carbonyl (C=O) groups excluding carboxylic acids is 2. The van der Waals surface area contributed by atoms with Gasteiger partial charge < -0.3 is 9.88 Å². The highest BCUT2D eigenvalue weighted by Crippen LogP contribution is 2.09. The van der Waals surface area contributed by atoms with Crippen LogP contribution in [-0.4, -0.2) is 16.3 Å². The first-order valence-electron chi connectivity index (χ1n) is 6.48. The number of hydrogen-bond acceptors (Lipinski definition) is 2. The van der Waals surface area contributed by atoms with E-state index < -0.39 is 0 Å². The second-order valence-electron chi connectivity index (χ2n) is 4.95. The molecular formula is C16H18N2O2. The van der Waals surface area contributed by atoms with Gasteiger partial charge in [-0.3, -0.25) is 9.59 Å². The van der Waals surface area contributed by atoms with Gasteiger partial charge in [-0.05, 0) is 25.5 Å². The fourth-order valence-corrected chi connectivity index (χ4v) is 2.08. The number of amides is 1. The van der Waals surface area contributed by atoms with Crippen molar-refractivity contribution in [3.8, 4) is 0 Å². The average molecular weight is 270 g/mol. The Kier molecular flexibility index (Phi) is 4.03. The largest absolute Gasteiger partial charge is 0.347 e. The van der Waals surface area contributed by atoms with Gasteiger partial charge in [0.05, 0.1) is 0 Å². The van der Waals surface area contributed by atoms with Gasteiger partial charge in [-0.25, -0.2) is 0 Å². The molecule has 104 valence electrons. The molecule has 4 heteroatoms. The van der Waals surface area contributed by atoms with Crippen LogP contribution in [0.25, 0.3) is 0 Å². The lowest BCUT2D eigenvalue weighted by Crippen LogP contribution is -2.24. The lowest BCUT2D eigenvalue weighted by molar-refractivity contribution is 0.0942. The normalized spacial score (nSPS) is 10.3. The average Bonchev–Trinajstić information content (AvgIpc) is 2.78. The molecule has 2 aromatic rings. The van der Waals surface area contributed by atoms with E-state index >= 15 is 0 Å². The van der Waals surface area contributed by atoms with E-state index in [-0.39, 0.29) is 11.7 Å². The summed E-state index contributed by atoms with van der Waals surface area (Å²) in [6.45, 7) is 3.98. The Hall–Kier alpha value is -2.36. The molecule has 1 N–H and O–H groups in total. The molecule has 0 saturated heterocycles. The summed E-state index contributed by atoms with van der Waals surface area (Å²) >= 11 is 0. The van der Waals surface area contributed by atoms with Crippen LogP contribution in [0.2, 0.25) is 0 Å². The van der Waals surface area contributed by atoms with Gasteiger partial charge in [-0.15, -0.1) is 0 Å². The van der Waals surface area contributed by atoms with Crippen molar-refractivity contribution in [2.45, 2.75) is 20.4 Å². The number of Topliss-reactive ketones (excluding diaryl/α,β-unsaturated/α-hetero) is 1. The van der Waals surface area contributed by atoms with Gasteiger partial charge in [0.1, 0.15) is 5.69 Å². The molecule has 1 heterocycles. The van der Waals surface area contributed by atoms with Crippen molar-refractivity contribution in [2.75, 3.05) is 0 Å². The minimum Gasteiger partial charge on any atom is -0.347 e.